The van der Waals surface area contributed by atoms with Crippen molar-refractivity contribution in [2.75, 3.05) is 12.4 Å². The van der Waals surface area contributed by atoms with Crippen molar-refractivity contribution in [3.8, 4) is 0 Å². The fraction of sp³-hybridized carbons (Fsp3) is 0.308. The molecule has 1 aromatic heterocycles. The number of hydrogen-bond donors (Lipinski definition) is 2. The van der Waals surface area contributed by atoms with Crippen molar-refractivity contribution < 1.29 is 9.90 Å². The second kappa shape index (κ2) is 7.37. The lowest BCUT2D eigenvalue weighted by atomic mass is 10.2. The molecule has 0 aliphatic rings. The summed E-state index contributed by atoms with van der Waals surface area (Å²) in [6.07, 6.45) is 0. The zero-order valence-corrected chi connectivity index (χ0v) is 12.6. The summed E-state index contributed by atoms with van der Waals surface area (Å²) in [6.45, 7) is 2.47. The molecule has 0 spiro atoms. The molecule has 106 valence electrons. The largest absolute Gasteiger partial charge is 0.396 e. The lowest BCUT2D eigenvalue weighted by Crippen LogP contribution is -2.22. The highest BCUT2D eigenvalue weighted by molar-refractivity contribution is 7.99. The van der Waals surface area contributed by atoms with E-state index >= 15 is 0 Å². The molecule has 0 saturated heterocycles. The van der Waals surface area contributed by atoms with Gasteiger partial charge in [-0.3, -0.25) is 4.79 Å². The Morgan fingerprint density at radius 2 is 2.15 bits per heavy atom. The molecular weight excluding hydrogens is 294 g/mol. The molecule has 5 nitrogen and oxygen atoms in total. The summed E-state index contributed by atoms with van der Waals surface area (Å²) in [5, 5.41) is 15.5. The molecule has 1 aromatic carbocycles. The van der Waals surface area contributed by atoms with Crippen molar-refractivity contribution in [1.82, 2.24) is 14.9 Å². The van der Waals surface area contributed by atoms with Crippen LogP contribution in [0.3, 0.4) is 0 Å². The van der Waals surface area contributed by atoms with E-state index in [2.05, 4.69) is 14.9 Å². The summed E-state index contributed by atoms with van der Waals surface area (Å²) in [5.41, 5.74) is 1.47. The van der Waals surface area contributed by atoms with Crippen LogP contribution >= 0.6 is 23.3 Å². The van der Waals surface area contributed by atoms with Gasteiger partial charge in [-0.05, 0) is 42.7 Å². The Balaban J connectivity index is 1.90. The van der Waals surface area contributed by atoms with Gasteiger partial charge in [0, 0.05) is 16.2 Å². The van der Waals surface area contributed by atoms with Gasteiger partial charge in [-0.15, -0.1) is 16.9 Å². The number of aliphatic hydroxyl groups is 1. The summed E-state index contributed by atoms with van der Waals surface area (Å²) >= 11 is 2.85. The topological polar surface area (TPSA) is 75.1 Å². The number of nitrogens with one attached hydrogen (secondary N) is 1. The lowest BCUT2D eigenvalue weighted by molar-refractivity contribution is 0.0951. The average molecular weight is 309 g/mol. The van der Waals surface area contributed by atoms with Crippen molar-refractivity contribution in [3.63, 3.8) is 0 Å². The third-order valence-electron chi connectivity index (χ3n) is 2.63. The van der Waals surface area contributed by atoms with E-state index in [-0.39, 0.29) is 12.5 Å². The molecule has 7 heteroatoms. The highest BCUT2D eigenvalue weighted by Gasteiger charge is 2.08. The van der Waals surface area contributed by atoms with Crippen LogP contribution in [-0.4, -0.2) is 33.0 Å². The number of carbonyl (C=O) groups excluding carboxylic acids is 1. The van der Waals surface area contributed by atoms with Gasteiger partial charge in [0.15, 0.2) is 0 Å². The number of rotatable bonds is 6. The Labute approximate surface area is 125 Å². The van der Waals surface area contributed by atoms with Crippen molar-refractivity contribution in [2.45, 2.75) is 18.4 Å². The van der Waals surface area contributed by atoms with E-state index in [0.29, 0.717) is 17.9 Å². The third-order valence-corrected chi connectivity index (χ3v) is 4.45. The van der Waals surface area contributed by atoms with Crippen LogP contribution in [0.25, 0.3) is 0 Å². The zero-order chi connectivity index (χ0) is 14.4. The number of thioether (sulfide) groups is 1. The molecule has 20 heavy (non-hydrogen) atoms. The van der Waals surface area contributed by atoms with Crippen molar-refractivity contribution in [3.05, 3.63) is 40.4 Å². The zero-order valence-electron chi connectivity index (χ0n) is 11.0. The van der Waals surface area contributed by atoms with Gasteiger partial charge in [0.2, 0.25) is 0 Å². The molecule has 0 bridgehead atoms. The van der Waals surface area contributed by atoms with Crippen LogP contribution in [0.4, 0.5) is 0 Å². The first kappa shape index (κ1) is 15.0. The molecule has 0 aliphatic heterocycles. The van der Waals surface area contributed by atoms with E-state index < -0.39 is 0 Å². The second-order valence-corrected chi connectivity index (χ2v) is 6.07. The molecule has 0 saturated carbocycles. The number of aromatic nitrogens is 2. The number of carbonyl (C=O) groups is 1. The number of aliphatic hydroxyl groups excluding tert-OH is 1. The van der Waals surface area contributed by atoms with E-state index in [1.807, 2.05) is 19.1 Å². The SMILES string of the molecule is Cc1nnsc1CNC(=O)c1ccc(SCCO)cc1. The van der Waals surface area contributed by atoms with Crippen LogP contribution in [0.5, 0.6) is 0 Å². The molecule has 1 heterocycles. The minimum atomic E-state index is -0.114. The minimum Gasteiger partial charge on any atom is -0.396 e. The van der Waals surface area contributed by atoms with E-state index in [0.717, 1.165) is 15.5 Å². The molecule has 1 amide bonds. The van der Waals surface area contributed by atoms with Crippen molar-refractivity contribution in [2.24, 2.45) is 0 Å². The molecule has 2 rings (SSSR count). The monoisotopic (exact) mass is 309 g/mol. The van der Waals surface area contributed by atoms with Crippen LogP contribution in [0, 0.1) is 6.92 Å². The first-order chi connectivity index (χ1) is 9.70. The van der Waals surface area contributed by atoms with Gasteiger partial charge < -0.3 is 10.4 Å². The molecule has 2 N–H and O–H groups in total. The first-order valence-corrected chi connectivity index (χ1v) is 7.86. The Morgan fingerprint density at radius 1 is 1.40 bits per heavy atom. The molecule has 0 fully saturated rings. The fourth-order valence-electron chi connectivity index (χ4n) is 1.54. The van der Waals surface area contributed by atoms with Crippen molar-refractivity contribution >= 4 is 29.2 Å². The summed E-state index contributed by atoms with van der Waals surface area (Å²) in [7, 11) is 0. The normalized spacial score (nSPS) is 10.5. The van der Waals surface area contributed by atoms with E-state index in [9.17, 15) is 4.79 Å². The standard InChI is InChI=1S/C13H15N3O2S2/c1-9-12(20-16-15-9)8-14-13(18)10-2-4-11(5-3-10)19-7-6-17/h2-5,17H,6-8H2,1H3,(H,14,18). The van der Waals surface area contributed by atoms with Gasteiger partial charge in [0.25, 0.3) is 5.91 Å². The van der Waals surface area contributed by atoms with Crippen LogP contribution in [0.15, 0.2) is 29.2 Å². The maximum absolute atomic E-state index is 12.0. The molecule has 0 radical (unpaired) electrons. The molecule has 0 aliphatic carbocycles. The highest BCUT2D eigenvalue weighted by atomic mass is 32.2. The maximum Gasteiger partial charge on any atom is 0.251 e. The Bertz CT molecular complexity index is 569. The number of hydrogen-bond acceptors (Lipinski definition) is 6. The van der Waals surface area contributed by atoms with Gasteiger partial charge in [-0.25, -0.2) is 0 Å². The number of amides is 1. The van der Waals surface area contributed by atoms with E-state index in [1.54, 1.807) is 23.9 Å². The van der Waals surface area contributed by atoms with E-state index in [1.165, 1.54) is 11.5 Å². The fourth-order valence-corrected chi connectivity index (χ4v) is 2.77. The smallest absolute Gasteiger partial charge is 0.251 e. The predicted molar refractivity (Wildman–Crippen MR) is 80.1 cm³/mol. The summed E-state index contributed by atoms with van der Waals surface area (Å²) < 4.78 is 3.83. The summed E-state index contributed by atoms with van der Waals surface area (Å²) in [4.78, 5) is 14.0. The number of nitrogens with zero attached hydrogens (tertiary/aromatic N) is 2. The quantitative estimate of drug-likeness (QED) is 0.797. The Morgan fingerprint density at radius 3 is 2.75 bits per heavy atom. The summed E-state index contributed by atoms with van der Waals surface area (Å²) in [5.74, 6) is 0.542. The second-order valence-electron chi connectivity index (χ2n) is 4.06. The molecular formula is C13H15N3O2S2. The molecule has 0 unspecified atom stereocenters. The average Bonchev–Trinajstić information content (AvgIpc) is 2.88. The minimum absolute atomic E-state index is 0.114. The van der Waals surface area contributed by atoms with Gasteiger partial charge in [-0.2, -0.15) is 0 Å². The Kier molecular flexibility index (Phi) is 5.51. The van der Waals surface area contributed by atoms with Crippen LogP contribution in [-0.2, 0) is 6.54 Å². The number of aryl methyl sites for hydroxylation is 1. The van der Waals surface area contributed by atoms with Crippen LogP contribution in [0.1, 0.15) is 20.9 Å². The van der Waals surface area contributed by atoms with E-state index in [4.69, 9.17) is 5.11 Å². The van der Waals surface area contributed by atoms with Gasteiger partial charge in [-0.1, -0.05) is 4.49 Å². The van der Waals surface area contributed by atoms with Crippen LogP contribution < -0.4 is 5.32 Å². The van der Waals surface area contributed by atoms with Gasteiger partial charge in [0.1, 0.15) is 0 Å². The summed E-state index contributed by atoms with van der Waals surface area (Å²) in [6, 6.07) is 7.34. The predicted octanol–water partition coefficient (Wildman–Crippen LogP) is 1.86. The van der Waals surface area contributed by atoms with Crippen LogP contribution in [0.2, 0.25) is 0 Å². The molecule has 2 aromatic rings. The maximum atomic E-state index is 12.0. The van der Waals surface area contributed by atoms with Crippen molar-refractivity contribution in [1.29, 1.82) is 0 Å². The third kappa shape index (κ3) is 4.03. The van der Waals surface area contributed by atoms with Gasteiger partial charge >= 0.3 is 0 Å². The first-order valence-electron chi connectivity index (χ1n) is 6.10. The van der Waals surface area contributed by atoms with Gasteiger partial charge in [0.05, 0.1) is 23.7 Å². The lowest BCUT2D eigenvalue weighted by Gasteiger charge is -2.05. The molecule has 0 atom stereocenters. The highest BCUT2D eigenvalue weighted by Crippen LogP contribution is 2.18. The number of benzene rings is 1. The Hall–Kier alpha value is -1.44.